The van der Waals surface area contributed by atoms with Crippen LogP contribution >= 0.6 is 11.6 Å². The van der Waals surface area contributed by atoms with Gasteiger partial charge in [0.25, 0.3) is 5.56 Å². The van der Waals surface area contributed by atoms with Crippen molar-refractivity contribution in [2.75, 3.05) is 5.32 Å². The van der Waals surface area contributed by atoms with E-state index in [9.17, 15) is 4.79 Å². The summed E-state index contributed by atoms with van der Waals surface area (Å²) in [5.41, 5.74) is 0.888. The Kier molecular flexibility index (Phi) is 3.99. The van der Waals surface area contributed by atoms with Crippen LogP contribution in [0.2, 0.25) is 5.02 Å². The van der Waals surface area contributed by atoms with Crippen molar-refractivity contribution in [3.05, 3.63) is 57.6 Å². The Morgan fingerprint density at radius 1 is 1.39 bits per heavy atom. The molecule has 2 rings (SSSR count). The number of nitrogens with zero attached hydrogens (tertiary/aromatic N) is 1. The van der Waals surface area contributed by atoms with E-state index in [-0.39, 0.29) is 16.6 Å². The molecule has 4 nitrogen and oxygen atoms in total. The van der Waals surface area contributed by atoms with Crippen LogP contribution in [0.1, 0.15) is 12.5 Å². The van der Waals surface area contributed by atoms with E-state index in [1.807, 2.05) is 25.1 Å². The fourth-order valence-corrected chi connectivity index (χ4v) is 1.89. The molecule has 0 aliphatic heterocycles. The molecule has 94 valence electrons. The van der Waals surface area contributed by atoms with Crippen molar-refractivity contribution in [3.63, 3.8) is 0 Å². The highest BCUT2D eigenvalue weighted by atomic mass is 35.5. The SMILES string of the molecule is CC(Cc1ccccc1)Nc1nc[nH]c(=O)c1Cl. The fraction of sp³-hybridized carbons (Fsp3) is 0.231. The lowest BCUT2D eigenvalue weighted by molar-refractivity contribution is 0.783. The van der Waals surface area contributed by atoms with Gasteiger partial charge < -0.3 is 10.3 Å². The second kappa shape index (κ2) is 5.69. The maximum absolute atomic E-state index is 11.3. The van der Waals surface area contributed by atoms with Gasteiger partial charge in [0.15, 0.2) is 5.82 Å². The summed E-state index contributed by atoms with van der Waals surface area (Å²) < 4.78 is 0. The van der Waals surface area contributed by atoms with E-state index in [0.29, 0.717) is 5.82 Å². The molecule has 0 bridgehead atoms. The van der Waals surface area contributed by atoms with Crippen LogP contribution in [0.5, 0.6) is 0 Å². The largest absolute Gasteiger partial charge is 0.366 e. The van der Waals surface area contributed by atoms with Crippen LogP contribution in [0.4, 0.5) is 5.82 Å². The van der Waals surface area contributed by atoms with Crippen LogP contribution in [0, 0.1) is 0 Å². The van der Waals surface area contributed by atoms with E-state index >= 15 is 0 Å². The van der Waals surface area contributed by atoms with Gasteiger partial charge in [-0.05, 0) is 18.9 Å². The molecule has 2 aromatic rings. The summed E-state index contributed by atoms with van der Waals surface area (Å²) in [6.07, 6.45) is 2.18. The summed E-state index contributed by atoms with van der Waals surface area (Å²) in [5.74, 6) is 0.420. The molecule has 0 amide bonds. The summed E-state index contributed by atoms with van der Waals surface area (Å²) in [6.45, 7) is 2.02. The number of rotatable bonds is 4. The number of benzene rings is 1. The molecule has 1 unspecified atom stereocenters. The van der Waals surface area contributed by atoms with Gasteiger partial charge in [-0.25, -0.2) is 4.98 Å². The molecule has 5 heteroatoms. The molecule has 0 aliphatic rings. The molecule has 2 N–H and O–H groups in total. The van der Waals surface area contributed by atoms with Crippen molar-refractivity contribution in [2.24, 2.45) is 0 Å². The number of hydrogen-bond donors (Lipinski definition) is 2. The lowest BCUT2D eigenvalue weighted by Gasteiger charge is -2.14. The Balaban J connectivity index is 2.06. The molecule has 0 aliphatic carbocycles. The van der Waals surface area contributed by atoms with Crippen molar-refractivity contribution in [2.45, 2.75) is 19.4 Å². The first-order valence-electron chi connectivity index (χ1n) is 5.70. The Morgan fingerprint density at radius 2 is 2.11 bits per heavy atom. The topological polar surface area (TPSA) is 57.8 Å². The molecule has 1 aromatic carbocycles. The minimum atomic E-state index is -0.332. The molecular weight excluding hydrogens is 250 g/mol. The van der Waals surface area contributed by atoms with Gasteiger partial charge in [-0.2, -0.15) is 0 Å². The van der Waals surface area contributed by atoms with Crippen molar-refractivity contribution < 1.29 is 0 Å². The summed E-state index contributed by atoms with van der Waals surface area (Å²) in [5, 5.41) is 3.23. The molecular formula is C13H14ClN3O. The molecule has 0 radical (unpaired) electrons. The van der Waals surface area contributed by atoms with Gasteiger partial charge in [-0.15, -0.1) is 0 Å². The van der Waals surface area contributed by atoms with E-state index in [1.54, 1.807) is 0 Å². The van der Waals surface area contributed by atoms with E-state index in [2.05, 4.69) is 27.4 Å². The highest BCUT2D eigenvalue weighted by molar-refractivity contribution is 6.32. The van der Waals surface area contributed by atoms with Crippen molar-refractivity contribution >= 4 is 17.4 Å². The minimum absolute atomic E-state index is 0.0948. The van der Waals surface area contributed by atoms with E-state index < -0.39 is 0 Å². The second-order valence-corrected chi connectivity index (χ2v) is 4.51. The summed E-state index contributed by atoms with van der Waals surface area (Å²) in [6, 6.07) is 10.2. The monoisotopic (exact) mass is 263 g/mol. The zero-order valence-electron chi connectivity index (χ0n) is 9.98. The maximum Gasteiger partial charge on any atom is 0.271 e. The lowest BCUT2D eigenvalue weighted by atomic mass is 10.1. The van der Waals surface area contributed by atoms with Crippen LogP contribution in [-0.4, -0.2) is 16.0 Å². The molecule has 0 saturated carbocycles. The Morgan fingerprint density at radius 3 is 2.83 bits per heavy atom. The van der Waals surface area contributed by atoms with Crippen LogP contribution in [-0.2, 0) is 6.42 Å². The molecule has 1 aromatic heterocycles. The van der Waals surface area contributed by atoms with Crippen molar-refractivity contribution in [1.82, 2.24) is 9.97 Å². The first-order valence-corrected chi connectivity index (χ1v) is 6.08. The molecule has 1 heterocycles. The van der Waals surface area contributed by atoms with Gasteiger partial charge >= 0.3 is 0 Å². The van der Waals surface area contributed by atoms with Crippen LogP contribution in [0.3, 0.4) is 0 Å². The minimum Gasteiger partial charge on any atom is -0.366 e. The van der Waals surface area contributed by atoms with Gasteiger partial charge in [0.2, 0.25) is 0 Å². The first kappa shape index (κ1) is 12.6. The Hall–Kier alpha value is -1.81. The number of aromatic amines is 1. The normalized spacial score (nSPS) is 12.1. The van der Waals surface area contributed by atoms with Crippen LogP contribution in [0.15, 0.2) is 41.5 Å². The predicted molar refractivity (Wildman–Crippen MR) is 73.1 cm³/mol. The highest BCUT2D eigenvalue weighted by Gasteiger charge is 2.09. The molecule has 0 saturated heterocycles. The molecule has 0 fully saturated rings. The Bertz CT molecular complexity index is 568. The van der Waals surface area contributed by atoms with Gasteiger partial charge in [0.05, 0.1) is 6.33 Å². The average molecular weight is 264 g/mol. The van der Waals surface area contributed by atoms with Gasteiger partial charge in [0.1, 0.15) is 5.02 Å². The van der Waals surface area contributed by atoms with E-state index in [4.69, 9.17) is 11.6 Å². The highest BCUT2D eigenvalue weighted by Crippen LogP contribution is 2.14. The predicted octanol–water partition coefficient (Wildman–Crippen LogP) is 2.47. The number of hydrogen-bond acceptors (Lipinski definition) is 3. The average Bonchev–Trinajstić information content (AvgIpc) is 2.36. The Labute approximate surface area is 110 Å². The summed E-state index contributed by atoms with van der Waals surface area (Å²) >= 11 is 5.87. The van der Waals surface area contributed by atoms with Crippen molar-refractivity contribution in [3.8, 4) is 0 Å². The third kappa shape index (κ3) is 3.11. The molecule has 0 spiro atoms. The van der Waals surface area contributed by atoms with E-state index in [0.717, 1.165) is 6.42 Å². The smallest absolute Gasteiger partial charge is 0.271 e. The number of anilines is 1. The quantitative estimate of drug-likeness (QED) is 0.891. The standard InChI is InChI=1S/C13H14ClN3O/c1-9(7-10-5-3-2-4-6-10)17-12-11(14)13(18)16-8-15-12/h2-6,8-9H,7H2,1H3,(H2,15,16,17,18). The summed E-state index contributed by atoms with van der Waals surface area (Å²) in [7, 11) is 0. The van der Waals surface area contributed by atoms with E-state index in [1.165, 1.54) is 11.9 Å². The zero-order chi connectivity index (χ0) is 13.0. The second-order valence-electron chi connectivity index (χ2n) is 4.13. The molecule has 18 heavy (non-hydrogen) atoms. The number of H-pyrrole nitrogens is 1. The molecule has 1 atom stereocenters. The third-order valence-electron chi connectivity index (χ3n) is 2.56. The van der Waals surface area contributed by atoms with Crippen LogP contribution in [0.25, 0.3) is 0 Å². The maximum atomic E-state index is 11.3. The van der Waals surface area contributed by atoms with Crippen molar-refractivity contribution in [1.29, 1.82) is 0 Å². The van der Waals surface area contributed by atoms with Gasteiger partial charge in [0, 0.05) is 6.04 Å². The number of aromatic nitrogens is 2. The van der Waals surface area contributed by atoms with Crippen LogP contribution < -0.4 is 10.9 Å². The number of nitrogens with one attached hydrogen (secondary N) is 2. The first-order chi connectivity index (χ1) is 8.66. The summed E-state index contributed by atoms with van der Waals surface area (Å²) in [4.78, 5) is 17.8. The number of halogens is 1. The fourth-order valence-electron chi connectivity index (χ4n) is 1.74. The van der Waals surface area contributed by atoms with Gasteiger partial charge in [-0.1, -0.05) is 41.9 Å². The third-order valence-corrected chi connectivity index (χ3v) is 2.92. The van der Waals surface area contributed by atoms with Gasteiger partial charge in [-0.3, -0.25) is 4.79 Å². The lowest BCUT2D eigenvalue weighted by Crippen LogP contribution is -2.21. The zero-order valence-corrected chi connectivity index (χ0v) is 10.7.